The van der Waals surface area contributed by atoms with Crippen molar-refractivity contribution in [2.24, 2.45) is 12.0 Å². The molecule has 1 N–H and O–H groups in total. The van der Waals surface area contributed by atoms with Gasteiger partial charge in [-0.3, -0.25) is 9.52 Å². The van der Waals surface area contributed by atoms with Crippen LogP contribution in [0.5, 0.6) is 0 Å². The maximum Gasteiger partial charge on any atom is 0.350 e. The minimum atomic E-state index is -3.80. The summed E-state index contributed by atoms with van der Waals surface area (Å²) in [6.07, 6.45) is 0. The fourth-order valence-electron chi connectivity index (χ4n) is 2.81. The number of carbonyl (C=O) groups excluding carboxylic acids is 2. The minimum absolute atomic E-state index is 0.122. The first-order valence-corrected chi connectivity index (χ1v) is 12.0. The topological polar surface area (TPSA) is 107 Å². The van der Waals surface area contributed by atoms with Crippen molar-refractivity contribution in [2.45, 2.75) is 25.7 Å². The van der Waals surface area contributed by atoms with Crippen LogP contribution in [0.3, 0.4) is 0 Å². The van der Waals surface area contributed by atoms with Gasteiger partial charge in [0.05, 0.1) is 11.5 Å². The Kier molecular flexibility index (Phi) is 6.95. The maximum absolute atomic E-state index is 12.7. The highest BCUT2D eigenvalue weighted by Crippen LogP contribution is 2.18. The average molecular weight is 474 g/mol. The number of hydrogen-bond acceptors (Lipinski definition) is 6. The number of nitrogens with zero attached hydrogens (tertiary/aromatic N) is 2. The molecule has 1 amide bonds. The quantitative estimate of drug-likeness (QED) is 0.552. The van der Waals surface area contributed by atoms with E-state index in [2.05, 4.69) is 9.71 Å². The van der Waals surface area contributed by atoms with E-state index in [1.807, 2.05) is 6.92 Å². The van der Waals surface area contributed by atoms with Crippen LogP contribution in [-0.2, 0) is 21.8 Å². The van der Waals surface area contributed by atoms with Crippen molar-refractivity contribution in [3.05, 3.63) is 75.0 Å². The van der Waals surface area contributed by atoms with E-state index in [9.17, 15) is 18.0 Å². The first kappa shape index (κ1) is 23.4. The second-order valence-corrected chi connectivity index (χ2v) is 9.65. The van der Waals surface area contributed by atoms with E-state index in [-0.39, 0.29) is 22.8 Å². The maximum atomic E-state index is 12.7. The highest BCUT2D eigenvalue weighted by atomic mass is 32.2. The van der Waals surface area contributed by atoms with Crippen LogP contribution >= 0.6 is 11.3 Å². The van der Waals surface area contributed by atoms with Crippen molar-refractivity contribution < 1.29 is 22.7 Å². The van der Waals surface area contributed by atoms with Gasteiger partial charge in [-0.25, -0.2) is 13.2 Å². The number of rotatable bonds is 6. The molecule has 0 aliphatic heterocycles. The Hall–Kier alpha value is -3.24. The van der Waals surface area contributed by atoms with Gasteiger partial charge in [-0.15, -0.1) is 0 Å². The fraction of sp³-hybridized carbons (Fsp3) is 0.227. The number of sulfonamides is 1. The van der Waals surface area contributed by atoms with Crippen molar-refractivity contribution in [3.63, 3.8) is 0 Å². The van der Waals surface area contributed by atoms with Gasteiger partial charge >= 0.3 is 5.97 Å². The zero-order valence-corrected chi connectivity index (χ0v) is 19.7. The molecule has 168 valence electrons. The SMILES string of the molecule is CCOC(=O)c1sc(=NC(=O)c2cccc(NS(=O)(=O)c3ccc(C)cc3)c2)n(C)c1C. The molecule has 0 aliphatic rings. The molecule has 1 heterocycles. The van der Waals surface area contributed by atoms with E-state index in [4.69, 9.17) is 4.74 Å². The summed E-state index contributed by atoms with van der Waals surface area (Å²) in [5, 5.41) is 0. The van der Waals surface area contributed by atoms with Crippen LogP contribution in [0, 0.1) is 13.8 Å². The van der Waals surface area contributed by atoms with Crippen molar-refractivity contribution in [1.29, 1.82) is 0 Å². The molecule has 0 unspecified atom stereocenters. The van der Waals surface area contributed by atoms with Crippen LogP contribution in [0.1, 0.15) is 38.2 Å². The Morgan fingerprint density at radius 2 is 1.81 bits per heavy atom. The molecule has 3 aromatic rings. The third-order valence-electron chi connectivity index (χ3n) is 4.66. The number of benzene rings is 2. The number of hydrogen-bond donors (Lipinski definition) is 1. The summed E-state index contributed by atoms with van der Waals surface area (Å²) in [6, 6.07) is 12.5. The summed E-state index contributed by atoms with van der Waals surface area (Å²) in [6.45, 7) is 5.58. The Bertz CT molecular complexity index is 1340. The number of amides is 1. The predicted molar refractivity (Wildman–Crippen MR) is 122 cm³/mol. The summed E-state index contributed by atoms with van der Waals surface area (Å²) >= 11 is 1.06. The molecule has 0 atom stereocenters. The third kappa shape index (κ3) is 5.14. The zero-order valence-electron chi connectivity index (χ0n) is 18.1. The Morgan fingerprint density at radius 1 is 1.12 bits per heavy atom. The Balaban J connectivity index is 1.88. The summed E-state index contributed by atoms with van der Waals surface area (Å²) in [5.74, 6) is -1.03. The second kappa shape index (κ2) is 9.49. The van der Waals surface area contributed by atoms with Gasteiger partial charge in [0.2, 0.25) is 0 Å². The molecule has 0 bridgehead atoms. The molecule has 8 nitrogen and oxygen atoms in total. The Labute approximate surface area is 190 Å². The number of aryl methyl sites for hydroxylation is 1. The number of aromatic nitrogens is 1. The van der Waals surface area contributed by atoms with Crippen LogP contribution in [-0.4, -0.2) is 31.5 Å². The van der Waals surface area contributed by atoms with E-state index < -0.39 is 21.9 Å². The minimum Gasteiger partial charge on any atom is -0.462 e. The number of anilines is 1. The van der Waals surface area contributed by atoms with E-state index in [1.165, 1.54) is 18.2 Å². The molecule has 0 fully saturated rings. The van der Waals surface area contributed by atoms with Crippen LogP contribution in [0.25, 0.3) is 0 Å². The lowest BCUT2D eigenvalue weighted by Crippen LogP contribution is -2.15. The lowest BCUT2D eigenvalue weighted by atomic mass is 10.2. The van der Waals surface area contributed by atoms with E-state index in [1.54, 1.807) is 55.8 Å². The lowest BCUT2D eigenvalue weighted by molar-refractivity contribution is 0.0530. The van der Waals surface area contributed by atoms with E-state index in [0.29, 0.717) is 15.4 Å². The summed E-state index contributed by atoms with van der Waals surface area (Å²) < 4.78 is 34.4. The number of ether oxygens (including phenoxy) is 1. The van der Waals surface area contributed by atoms with Crippen LogP contribution in [0.15, 0.2) is 58.4 Å². The van der Waals surface area contributed by atoms with Gasteiger partial charge in [-0.2, -0.15) is 4.99 Å². The molecule has 10 heteroatoms. The number of nitrogens with one attached hydrogen (secondary N) is 1. The first-order valence-electron chi connectivity index (χ1n) is 9.74. The van der Waals surface area contributed by atoms with Crippen molar-refractivity contribution in [3.8, 4) is 0 Å². The van der Waals surface area contributed by atoms with Crippen molar-refractivity contribution >= 4 is 38.9 Å². The molecule has 32 heavy (non-hydrogen) atoms. The van der Waals surface area contributed by atoms with Crippen molar-refractivity contribution in [2.75, 3.05) is 11.3 Å². The van der Waals surface area contributed by atoms with Gasteiger partial charge in [0.1, 0.15) is 4.88 Å². The van der Waals surface area contributed by atoms with Crippen LogP contribution < -0.4 is 9.52 Å². The molecule has 3 rings (SSSR count). The third-order valence-corrected chi connectivity index (χ3v) is 7.27. The highest BCUT2D eigenvalue weighted by Gasteiger charge is 2.18. The molecule has 0 saturated carbocycles. The van der Waals surface area contributed by atoms with Gasteiger partial charge < -0.3 is 9.30 Å². The standard InChI is InChI=1S/C22H23N3O5S2/c1-5-30-21(27)19-15(3)25(4)22(31-19)23-20(26)16-7-6-8-17(13-16)24-32(28,29)18-11-9-14(2)10-12-18/h6-13,24H,5H2,1-4H3. The van der Waals surface area contributed by atoms with Crippen LogP contribution in [0.2, 0.25) is 0 Å². The molecule has 0 spiro atoms. The first-order chi connectivity index (χ1) is 15.1. The number of thiazole rings is 1. The number of esters is 1. The molecule has 0 radical (unpaired) electrons. The predicted octanol–water partition coefficient (Wildman–Crippen LogP) is 3.42. The van der Waals surface area contributed by atoms with E-state index in [0.717, 1.165) is 16.9 Å². The normalized spacial score (nSPS) is 11.9. The summed E-state index contributed by atoms with van der Waals surface area (Å²) in [4.78, 5) is 29.8. The average Bonchev–Trinajstić information content (AvgIpc) is 3.02. The smallest absolute Gasteiger partial charge is 0.350 e. The van der Waals surface area contributed by atoms with Crippen molar-refractivity contribution in [1.82, 2.24) is 4.57 Å². The molecule has 1 aromatic heterocycles. The van der Waals surface area contributed by atoms with Gasteiger partial charge in [-0.05, 0) is 51.1 Å². The zero-order chi connectivity index (χ0) is 23.5. The molecule has 0 aliphatic carbocycles. The largest absolute Gasteiger partial charge is 0.462 e. The van der Waals surface area contributed by atoms with Crippen LogP contribution in [0.4, 0.5) is 5.69 Å². The second-order valence-electron chi connectivity index (χ2n) is 6.99. The molecule has 0 saturated heterocycles. The van der Waals surface area contributed by atoms with Gasteiger partial charge in [0, 0.05) is 24.0 Å². The molecular formula is C22H23N3O5S2. The summed E-state index contributed by atoms with van der Waals surface area (Å²) in [7, 11) is -2.10. The molecular weight excluding hydrogens is 450 g/mol. The summed E-state index contributed by atoms with van der Waals surface area (Å²) in [5.41, 5.74) is 2.03. The van der Waals surface area contributed by atoms with Gasteiger partial charge in [-0.1, -0.05) is 35.1 Å². The molecule has 2 aromatic carbocycles. The lowest BCUT2D eigenvalue weighted by Gasteiger charge is -2.09. The highest BCUT2D eigenvalue weighted by molar-refractivity contribution is 7.92. The fourth-order valence-corrected chi connectivity index (χ4v) is 4.87. The monoisotopic (exact) mass is 473 g/mol. The number of carbonyl (C=O) groups is 2. The Morgan fingerprint density at radius 3 is 2.47 bits per heavy atom. The van der Waals surface area contributed by atoms with Gasteiger partial charge in [0.15, 0.2) is 4.80 Å². The van der Waals surface area contributed by atoms with Gasteiger partial charge in [0.25, 0.3) is 15.9 Å². The van der Waals surface area contributed by atoms with E-state index >= 15 is 0 Å².